The fraction of sp³-hybridized carbons (Fsp3) is 0.545. The summed E-state index contributed by atoms with van der Waals surface area (Å²) in [5, 5.41) is 14.0. The van der Waals surface area contributed by atoms with Crippen LogP contribution in [-0.2, 0) is 0 Å². The smallest absolute Gasteiger partial charge is 0.311 e. The van der Waals surface area contributed by atoms with Crippen molar-refractivity contribution in [2.24, 2.45) is 0 Å². The summed E-state index contributed by atoms with van der Waals surface area (Å²) in [6.07, 6.45) is 4.54. The van der Waals surface area contributed by atoms with Crippen molar-refractivity contribution in [2.75, 3.05) is 5.32 Å². The van der Waals surface area contributed by atoms with E-state index in [0.717, 1.165) is 18.5 Å². The van der Waals surface area contributed by atoms with E-state index in [4.69, 9.17) is 0 Å². The largest absolute Gasteiger partial charge is 0.362 e. The predicted molar refractivity (Wildman–Crippen MR) is 61.5 cm³/mol. The lowest BCUT2D eigenvalue weighted by atomic mass is 10.2. The Morgan fingerprint density at radius 1 is 1.44 bits per heavy atom. The Labute approximate surface area is 94.0 Å². The molecule has 0 aliphatic heterocycles. The molecule has 1 aromatic heterocycles. The molecule has 86 valence electrons. The van der Waals surface area contributed by atoms with Gasteiger partial charge in [-0.3, -0.25) is 10.1 Å². The van der Waals surface area contributed by atoms with Gasteiger partial charge in [-0.1, -0.05) is 12.8 Å². The van der Waals surface area contributed by atoms with Crippen LogP contribution < -0.4 is 5.32 Å². The molecule has 0 amide bonds. The van der Waals surface area contributed by atoms with Crippen LogP contribution in [0.1, 0.15) is 31.4 Å². The number of nitrogens with zero attached hydrogens (tertiary/aromatic N) is 2. The molecule has 0 radical (unpaired) electrons. The predicted octanol–water partition coefficient (Wildman–Crippen LogP) is 2.65. The number of hydrogen-bond donors (Lipinski definition) is 1. The topological polar surface area (TPSA) is 68.1 Å². The zero-order chi connectivity index (χ0) is 11.5. The lowest BCUT2D eigenvalue weighted by molar-refractivity contribution is -0.384. The normalized spacial score (nSPS) is 16.3. The summed E-state index contributed by atoms with van der Waals surface area (Å²) in [7, 11) is 0. The summed E-state index contributed by atoms with van der Waals surface area (Å²) in [6, 6.07) is 3.52. The average Bonchev–Trinajstić information content (AvgIpc) is 2.70. The Kier molecular flexibility index (Phi) is 3.03. The van der Waals surface area contributed by atoms with Crippen LogP contribution in [-0.4, -0.2) is 15.9 Å². The highest BCUT2D eigenvalue weighted by Gasteiger charge is 2.21. The highest BCUT2D eigenvalue weighted by atomic mass is 16.6. The van der Waals surface area contributed by atoms with Crippen molar-refractivity contribution in [3.63, 3.8) is 0 Å². The van der Waals surface area contributed by atoms with Gasteiger partial charge in [-0.2, -0.15) is 0 Å². The van der Waals surface area contributed by atoms with Crippen LogP contribution in [0, 0.1) is 17.0 Å². The molecule has 1 fully saturated rings. The molecule has 0 unspecified atom stereocenters. The molecule has 1 aliphatic rings. The summed E-state index contributed by atoms with van der Waals surface area (Å²) in [4.78, 5) is 14.7. The number of aromatic nitrogens is 1. The lowest BCUT2D eigenvalue weighted by Gasteiger charge is -2.12. The van der Waals surface area contributed by atoms with Crippen molar-refractivity contribution in [1.29, 1.82) is 0 Å². The molecule has 1 saturated carbocycles. The van der Waals surface area contributed by atoms with Gasteiger partial charge < -0.3 is 5.32 Å². The van der Waals surface area contributed by atoms with Gasteiger partial charge in [-0.25, -0.2) is 4.98 Å². The monoisotopic (exact) mass is 221 g/mol. The van der Waals surface area contributed by atoms with Crippen molar-refractivity contribution >= 4 is 11.5 Å². The molecular formula is C11H15N3O2. The van der Waals surface area contributed by atoms with Gasteiger partial charge >= 0.3 is 5.69 Å². The van der Waals surface area contributed by atoms with Gasteiger partial charge in [0.1, 0.15) is 0 Å². The number of pyridine rings is 1. The zero-order valence-corrected chi connectivity index (χ0v) is 9.27. The molecular weight excluding hydrogens is 206 g/mol. The van der Waals surface area contributed by atoms with Gasteiger partial charge in [0.15, 0.2) is 0 Å². The van der Waals surface area contributed by atoms with Crippen LogP contribution in [0.25, 0.3) is 0 Å². The molecule has 1 N–H and O–H groups in total. The number of nitrogens with one attached hydrogen (secondary N) is 1. The van der Waals surface area contributed by atoms with Crippen LogP contribution in [0.5, 0.6) is 0 Å². The molecule has 1 aromatic rings. The van der Waals surface area contributed by atoms with Gasteiger partial charge in [0.25, 0.3) is 0 Å². The Bertz CT molecular complexity index is 400. The first-order chi connectivity index (χ1) is 7.66. The second-order valence-corrected chi connectivity index (χ2v) is 4.20. The standard InChI is InChI=1S/C11H15N3O2/c1-8-6-7-10(14(15)16)11(12-8)13-9-4-2-3-5-9/h6-7,9H,2-5H2,1H3,(H,12,13). The summed E-state index contributed by atoms with van der Waals surface area (Å²) in [5.74, 6) is 0.414. The maximum Gasteiger partial charge on any atom is 0.311 e. The lowest BCUT2D eigenvalue weighted by Crippen LogP contribution is -2.16. The van der Waals surface area contributed by atoms with Crippen LogP contribution in [0.2, 0.25) is 0 Å². The van der Waals surface area contributed by atoms with Crippen molar-refractivity contribution < 1.29 is 4.92 Å². The second kappa shape index (κ2) is 4.47. The van der Waals surface area contributed by atoms with E-state index < -0.39 is 0 Å². The fourth-order valence-electron chi connectivity index (χ4n) is 2.07. The zero-order valence-electron chi connectivity index (χ0n) is 9.27. The molecule has 16 heavy (non-hydrogen) atoms. The van der Waals surface area contributed by atoms with Crippen molar-refractivity contribution in [3.05, 3.63) is 27.9 Å². The van der Waals surface area contributed by atoms with Crippen molar-refractivity contribution in [1.82, 2.24) is 4.98 Å². The van der Waals surface area contributed by atoms with Crippen molar-refractivity contribution in [2.45, 2.75) is 38.6 Å². The molecule has 0 atom stereocenters. The molecule has 0 bridgehead atoms. The minimum Gasteiger partial charge on any atom is -0.362 e. The first-order valence-electron chi connectivity index (χ1n) is 5.55. The third-order valence-corrected chi connectivity index (χ3v) is 2.91. The van der Waals surface area contributed by atoms with Crippen LogP contribution in [0.4, 0.5) is 11.5 Å². The first kappa shape index (κ1) is 10.9. The molecule has 0 spiro atoms. The van der Waals surface area contributed by atoms with E-state index in [1.54, 1.807) is 6.07 Å². The molecule has 5 nitrogen and oxygen atoms in total. The molecule has 0 aromatic carbocycles. The molecule has 1 heterocycles. The average molecular weight is 221 g/mol. The Morgan fingerprint density at radius 3 is 2.75 bits per heavy atom. The van der Waals surface area contributed by atoms with E-state index >= 15 is 0 Å². The molecule has 5 heteroatoms. The maximum absolute atomic E-state index is 10.8. The van der Waals surface area contributed by atoms with E-state index in [1.807, 2.05) is 6.92 Å². The van der Waals surface area contributed by atoms with Crippen LogP contribution >= 0.6 is 0 Å². The van der Waals surface area contributed by atoms with Gasteiger partial charge in [-0.15, -0.1) is 0 Å². The molecule has 0 saturated heterocycles. The Morgan fingerprint density at radius 2 is 2.12 bits per heavy atom. The van der Waals surface area contributed by atoms with Crippen LogP contribution in [0.15, 0.2) is 12.1 Å². The van der Waals surface area contributed by atoms with E-state index in [1.165, 1.54) is 18.9 Å². The van der Waals surface area contributed by atoms with E-state index in [-0.39, 0.29) is 10.6 Å². The third-order valence-electron chi connectivity index (χ3n) is 2.91. The highest BCUT2D eigenvalue weighted by molar-refractivity contribution is 5.56. The Hall–Kier alpha value is -1.65. The first-order valence-corrected chi connectivity index (χ1v) is 5.55. The number of rotatable bonds is 3. The second-order valence-electron chi connectivity index (χ2n) is 4.20. The summed E-state index contributed by atoms with van der Waals surface area (Å²) < 4.78 is 0. The number of hydrogen-bond acceptors (Lipinski definition) is 4. The number of nitro groups is 1. The summed E-state index contributed by atoms with van der Waals surface area (Å²) in [5.41, 5.74) is 0.864. The van der Waals surface area contributed by atoms with Gasteiger partial charge in [-0.05, 0) is 25.8 Å². The SMILES string of the molecule is Cc1ccc([N+](=O)[O-])c(NC2CCCC2)n1. The summed E-state index contributed by atoms with van der Waals surface area (Å²) in [6.45, 7) is 1.84. The minimum absolute atomic E-state index is 0.0671. The fourth-order valence-corrected chi connectivity index (χ4v) is 2.07. The van der Waals surface area contributed by atoms with E-state index in [0.29, 0.717) is 11.9 Å². The highest BCUT2D eigenvalue weighted by Crippen LogP contribution is 2.27. The van der Waals surface area contributed by atoms with Gasteiger partial charge in [0.05, 0.1) is 4.92 Å². The van der Waals surface area contributed by atoms with Crippen molar-refractivity contribution in [3.8, 4) is 0 Å². The Balaban J connectivity index is 2.22. The maximum atomic E-state index is 10.8. The van der Waals surface area contributed by atoms with Crippen LogP contribution in [0.3, 0.4) is 0 Å². The van der Waals surface area contributed by atoms with Gasteiger partial charge in [0.2, 0.25) is 5.82 Å². The van der Waals surface area contributed by atoms with E-state index in [9.17, 15) is 10.1 Å². The third kappa shape index (κ3) is 2.29. The van der Waals surface area contributed by atoms with E-state index in [2.05, 4.69) is 10.3 Å². The molecule has 1 aliphatic carbocycles. The number of anilines is 1. The van der Waals surface area contributed by atoms with Gasteiger partial charge in [0, 0.05) is 17.8 Å². The quantitative estimate of drug-likeness (QED) is 0.629. The minimum atomic E-state index is -0.385. The number of aryl methyl sites for hydroxylation is 1. The summed E-state index contributed by atoms with van der Waals surface area (Å²) >= 11 is 0. The molecule has 2 rings (SSSR count).